The molecule has 1 aromatic carbocycles. The van der Waals surface area contributed by atoms with Crippen molar-refractivity contribution < 1.29 is 4.74 Å². The first-order chi connectivity index (χ1) is 18.0. The van der Waals surface area contributed by atoms with Crippen LogP contribution in [0.15, 0.2) is 54.4 Å². The Morgan fingerprint density at radius 1 is 0.811 bits per heavy atom. The van der Waals surface area contributed by atoms with Gasteiger partial charge in [-0.15, -0.1) is 0 Å². The summed E-state index contributed by atoms with van der Waals surface area (Å²) in [4.78, 5) is 14.6. The van der Waals surface area contributed by atoms with Crippen LogP contribution in [0.2, 0.25) is 16.6 Å². The Morgan fingerprint density at radius 2 is 1.27 bits per heavy atom. The average molecular weight is 587 g/mol. The zero-order chi connectivity index (χ0) is 27.3. The van der Waals surface area contributed by atoms with E-state index in [1.165, 1.54) is 0 Å². The monoisotopic (exact) mass is 586 g/mol. The van der Waals surface area contributed by atoms with Crippen molar-refractivity contribution in [3.8, 4) is 5.75 Å². The van der Waals surface area contributed by atoms with Gasteiger partial charge < -0.3 is 8.97 Å². The van der Waals surface area contributed by atoms with Gasteiger partial charge >= 0.3 is 0 Å². The number of fused-ring (bicyclic) bond motifs is 1. The number of ether oxygens (including phenoxy) is 1. The number of hydrogen-bond donors (Lipinski definition) is 0. The molecule has 0 spiro atoms. The molecule has 0 fully saturated rings. The zero-order valence-electron chi connectivity index (χ0n) is 20.0. The Hall–Kier alpha value is -4.19. The highest BCUT2D eigenvalue weighted by Crippen LogP contribution is 2.47. The fourth-order valence-electron chi connectivity index (χ4n) is 4.97. The van der Waals surface area contributed by atoms with Gasteiger partial charge in [-0.2, -0.15) is 0 Å². The second-order valence-electron chi connectivity index (χ2n) is 7.95. The van der Waals surface area contributed by atoms with Crippen molar-refractivity contribution >= 4 is 35.1 Å². The van der Waals surface area contributed by atoms with Crippen LogP contribution in [0.3, 0.4) is 0 Å². The number of azide groups is 5. The van der Waals surface area contributed by atoms with E-state index in [1.54, 1.807) is 13.2 Å². The molecule has 0 aliphatic heterocycles. The maximum atomic E-state index is 9.15. The van der Waals surface area contributed by atoms with Gasteiger partial charge in [0.25, 0.3) is 0 Å². The smallest absolute Gasteiger partial charge is 0.171 e. The Morgan fingerprint density at radius 3 is 1.70 bits per heavy atom. The molecule has 19 heteroatoms. The Labute approximate surface area is 219 Å². The molecule has 0 aliphatic carbocycles. The Balaban J connectivity index is 3.10. The van der Waals surface area contributed by atoms with E-state index in [1.807, 2.05) is 29.5 Å². The molecule has 0 saturated heterocycles. The number of halogens is 1. The van der Waals surface area contributed by atoms with Gasteiger partial charge in [-0.3, -0.25) is 0 Å². The van der Waals surface area contributed by atoms with Gasteiger partial charge in [-0.05, 0) is 84.6 Å². The van der Waals surface area contributed by atoms with Crippen molar-refractivity contribution in [2.24, 2.45) is 25.6 Å². The van der Waals surface area contributed by atoms with E-state index >= 15 is 0 Å². The molecule has 0 amide bonds. The van der Waals surface area contributed by atoms with E-state index in [0.717, 1.165) is 10.9 Å². The molecule has 1 unspecified atom stereocenters. The standard InChI is InChI=1S/C18H23BrN16OSi/c1-12(7-25-30-20)37(13(8-26-31-21)9-27-32-22,14(10-28-33-23)11-29-34-24)35-6-5-15-16(35)3-4-17(36-2)18(15)19/h3-6,12-14H,7-11H2,1-2H3. The molecular formula is C18H23BrN16OSi. The molecule has 0 saturated carbocycles. The molecule has 1 atom stereocenters. The van der Waals surface area contributed by atoms with E-state index in [2.05, 4.69) is 66.1 Å². The molecule has 192 valence electrons. The summed E-state index contributed by atoms with van der Waals surface area (Å²) in [6.45, 7) is 1.71. The van der Waals surface area contributed by atoms with Crippen molar-refractivity contribution in [1.29, 1.82) is 0 Å². The summed E-state index contributed by atoms with van der Waals surface area (Å²) in [5, 5.41) is 19.9. The number of aromatic nitrogens is 1. The van der Waals surface area contributed by atoms with Crippen LogP contribution < -0.4 is 4.74 Å². The fourth-order valence-corrected chi connectivity index (χ4v) is 12.0. The topological polar surface area (TPSA) is 258 Å². The normalized spacial score (nSPS) is 14.2. The predicted molar refractivity (Wildman–Crippen MR) is 144 cm³/mol. The third-order valence-corrected chi connectivity index (χ3v) is 13.5. The fraction of sp³-hybridized carbons (Fsp3) is 0.556. The molecule has 2 rings (SSSR count). The van der Waals surface area contributed by atoms with E-state index in [4.69, 9.17) is 32.4 Å². The first-order valence-corrected chi connectivity index (χ1v) is 13.8. The van der Waals surface area contributed by atoms with Gasteiger partial charge in [0.1, 0.15) is 5.75 Å². The third-order valence-electron chi connectivity index (χ3n) is 6.39. The van der Waals surface area contributed by atoms with Crippen LogP contribution in [0.1, 0.15) is 6.92 Å². The maximum absolute atomic E-state index is 9.15. The average Bonchev–Trinajstić information content (AvgIpc) is 3.35. The highest BCUT2D eigenvalue weighted by atomic mass is 79.9. The van der Waals surface area contributed by atoms with Gasteiger partial charge in [0, 0.05) is 68.2 Å². The van der Waals surface area contributed by atoms with Crippen LogP contribution in [-0.4, -0.2) is 52.3 Å². The number of nitrogens with zero attached hydrogens (tertiary/aromatic N) is 16. The highest BCUT2D eigenvalue weighted by molar-refractivity contribution is 9.10. The molecule has 37 heavy (non-hydrogen) atoms. The van der Waals surface area contributed by atoms with Crippen LogP contribution in [-0.2, 0) is 0 Å². The minimum absolute atomic E-state index is 0.0474. The molecule has 2 aromatic rings. The van der Waals surface area contributed by atoms with Crippen LogP contribution in [0, 0.1) is 0 Å². The molecule has 1 aromatic heterocycles. The summed E-state index contributed by atoms with van der Waals surface area (Å²) < 4.78 is 8.18. The minimum Gasteiger partial charge on any atom is -0.496 e. The molecule has 0 aliphatic rings. The first kappa shape index (κ1) is 29.0. The summed E-state index contributed by atoms with van der Waals surface area (Å²) >= 11 is 3.59. The van der Waals surface area contributed by atoms with Gasteiger partial charge in [-0.25, -0.2) is 0 Å². The van der Waals surface area contributed by atoms with E-state index < -0.39 is 19.3 Å². The summed E-state index contributed by atoms with van der Waals surface area (Å²) in [7, 11) is -1.80. The lowest BCUT2D eigenvalue weighted by molar-refractivity contribution is 0.413. The SMILES string of the molecule is COc1ccc2c(ccn2[Si](C(C)CN=[N+]=[N-])(C(CN=[N+]=[N-])CN=[N+]=[N-])C(CN=[N+]=[N-])CN=[N+]=[N-])c1Br. The van der Waals surface area contributed by atoms with Crippen LogP contribution in [0.25, 0.3) is 63.1 Å². The second kappa shape index (κ2) is 14.4. The Bertz CT molecular complexity index is 1260. The number of rotatable bonds is 15. The van der Waals surface area contributed by atoms with E-state index in [0.29, 0.717) is 10.2 Å². The summed E-state index contributed by atoms with van der Waals surface area (Å²) in [5.74, 6) is 0.610. The minimum atomic E-state index is -3.35. The second-order valence-corrected chi connectivity index (χ2v) is 13.6. The van der Waals surface area contributed by atoms with E-state index in [-0.39, 0.29) is 38.3 Å². The van der Waals surface area contributed by atoms with Crippen molar-refractivity contribution in [3.05, 3.63) is 81.1 Å². The summed E-state index contributed by atoms with van der Waals surface area (Å²) in [6, 6.07) is 5.52. The molecule has 0 bridgehead atoms. The lowest BCUT2D eigenvalue weighted by atomic mass is 10.2. The van der Waals surface area contributed by atoms with Crippen molar-refractivity contribution in [1.82, 2.24) is 4.23 Å². The van der Waals surface area contributed by atoms with Gasteiger partial charge in [0.15, 0.2) is 8.24 Å². The van der Waals surface area contributed by atoms with Gasteiger partial charge in [0.05, 0.1) is 11.6 Å². The lowest BCUT2D eigenvalue weighted by Crippen LogP contribution is -2.59. The molecule has 1 heterocycles. The zero-order valence-corrected chi connectivity index (χ0v) is 22.6. The molecular weight excluding hydrogens is 564 g/mol. The van der Waals surface area contributed by atoms with Crippen molar-refractivity contribution in [3.63, 3.8) is 0 Å². The number of methoxy groups -OCH3 is 1. The lowest BCUT2D eigenvalue weighted by Gasteiger charge is -2.48. The van der Waals surface area contributed by atoms with E-state index in [9.17, 15) is 0 Å². The summed E-state index contributed by atoms with van der Waals surface area (Å²) in [5.41, 5.74) is 45.0. The van der Waals surface area contributed by atoms with Crippen LogP contribution in [0.4, 0.5) is 0 Å². The Kier molecular flexibility index (Phi) is 11.3. The molecule has 0 N–H and O–H groups in total. The number of benzene rings is 1. The first-order valence-electron chi connectivity index (χ1n) is 10.9. The molecule has 0 radical (unpaired) electrons. The molecule has 17 nitrogen and oxygen atoms in total. The van der Waals surface area contributed by atoms with Gasteiger partial charge in [0.2, 0.25) is 0 Å². The maximum Gasteiger partial charge on any atom is 0.171 e. The largest absolute Gasteiger partial charge is 0.496 e. The summed E-state index contributed by atoms with van der Waals surface area (Å²) in [6.07, 6.45) is 1.85. The van der Waals surface area contributed by atoms with Crippen molar-refractivity contribution in [2.45, 2.75) is 23.5 Å². The van der Waals surface area contributed by atoms with Crippen LogP contribution in [0.5, 0.6) is 5.75 Å². The number of hydrogen-bond acceptors (Lipinski definition) is 6. The van der Waals surface area contributed by atoms with Crippen LogP contribution >= 0.6 is 15.9 Å². The van der Waals surface area contributed by atoms with Gasteiger partial charge in [-0.1, -0.05) is 32.5 Å². The predicted octanol–water partition coefficient (Wildman–Crippen LogP) is 7.89. The highest BCUT2D eigenvalue weighted by Gasteiger charge is 2.53. The van der Waals surface area contributed by atoms with Crippen molar-refractivity contribution in [2.75, 3.05) is 39.8 Å². The quantitative estimate of drug-likeness (QED) is 0.0855. The third kappa shape index (κ3) is 6.15.